The second kappa shape index (κ2) is 67.9. The zero-order chi connectivity index (χ0) is 70.0. The Balaban J connectivity index is 5.26. The van der Waals surface area contributed by atoms with E-state index in [-0.39, 0.29) is 25.7 Å². The second-order valence-electron chi connectivity index (χ2n) is 28.1. The zero-order valence-corrected chi connectivity index (χ0v) is 63.8. The lowest BCUT2D eigenvalue weighted by Crippen LogP contribution is -2.30. The van der Waals surface area contributed by atoms with Crippen molar-refractivity contribution < 1.29 is 80.2 Å². The second-order valence-corrected chi connectivity index (χ2v) is 31.0. The van der Waals surface area contributed by atoms with E-state index in [0.29, 0.717) is 25.7 Å². The van der Waals surface area contributed by atoms with Gasteiger partial charge in [0, 0.05) is 25.7 Å². The van der Waals surface area contributed by atoms with Crippen LogP contribution in [0.15, 0.2) is 0 Å². The van der Waals surface area contributed by atoms with Gasteiger partial charge in [-0.25, -0.2) is 9.13 Å². The third-order valence-electron chi connectivity index (χ3n) is 18.1. The van der Waals surface area contributed by atoms with Crippen molar-refractivity contribution in [2.24, 2.45) is 11.8 Å². The van der Waals surface area contributed by atoms with Gasteiger partial charge in [-0.05, 0) is 37.5 Å². The molecule has 3 unspecified atom stereocenters. The highest BCUT2D eigenvalue weighted by Crippen LogP contribution is 2.45. The quantitative estimate of drug-likeness (QED) is 0.0222. The minimum Gasteiger partial charge on any atom is -0.462 e. The van der Waals surface area contributed by atoms with Crippen LogP contribution in [-0.4, -0.2) is 96.7 Å². The number of carbonyl (C=O) groups is 4. The lowest BCUT2D eigenvalue weighted by molar-refractivity contribution is -0.161. The van der Waals surface area contributed by atoms with Gasteiger partial charge in [-0.3, -0.25) is 37.3 Å². The molecule has 0 aliphatic heterocycles. The molecule has 17 nitrogen and oxygen atoms in total. The van der Waals surface area contributed by atoms with Crippen LogP contribution >= 0.6 is 15.6 Å². The van der Waals surface area contributed by atoms with E-state index in [2.05, 4.69) is 41.5 Å². The van der Waals surface area contributed by atoms with E-state index >= 15 is 0 Å². The Morgan fingerprint density at radius 3 is 0.800 bits per heavy atom. The van der Waals surface area contributed by atoms with Gasteiger partial charge in [0.15, 0.2) is 12.2 Å². The van der Waals surface area contributed by atoms with Crippen molar-refractivity contribution in [1.82, 2.24) is 0 Å². The minimum atomic E-state index is -4.96. The lowest BCUT2D eigenvalue weighted by Gasteiger charge is -2.21. The van der Waals surface area contributed by atoms with Gasteiger partial charge in [-0.1, -0.05) is 343 Å². The van der Waals surface area contributed by atoms with Crippen molar-refractivity contribution >= 4 is 39.5 Å². The number of phosphoric ester groups is 2. The summed E-state index contributed by atoms with van der Waals surface area (Å²) in [7, 11) is -9.91. The summed E-state index contributed by atoms with van der Waals surface area (Å²) in [4.78, 5) is 72.8. The fourth-order valence-electron chi connectivity index (χ4n) is 11.6. The smallest absolute Gasteiger partial charge is 0.462 e. The maximum atomic E-state index is 13.1. The molecule has 95 heavy (non-hydrogen) atoms. The fourth-order valence-corrected chi connectivity index (χ4v) is 13.2. The predicted molar refractivity (Wildman–Crippen MR) is 386 cm³/mol. The van der Waals surface area contributed by atoms with E-state index in [0.717, 1.165) is 102 Å². The van der Waals surface area contributed by atoms with Crippen molar-refractivity contribution in [2.45, 2.75) is 413 Å². The highest BCUT2D eigenvalue weighted by Gasteiger charge is 2.30. The third kappa shape index (κ3) is 69.0. The largest absolute Gasteiger partial charge is 0.472 e. The number of unbranched alkanes of at least 4 members (excludes halogenated alkanes) is 44. The van der Waals surface area contributed by atoms with Gasteiger partial charge in [0.1, 0.15) is 19.3 Å². The molecule has 0 heterocycles. The molecule has 0 radical (unpaired) electrons. The maximum Gasteiger partial charge on any atom is 0.472 e. The molecule has 0 aromatic heterocycles. The van der Waals surface area contributed by atoms with Crippen LogP contribution in [0.25, 0.3) is 0 Å². The number of phosphoric acid groups is 2. The van der Waals surface area contributed by atoms with Crippen LogP contribution in [0.5, 0.6) is 0 Å². The first-order valence-corrected chi connectivity index (χ1v) is 42.5. The summed E-state index contributed by atoms with van der Waals surface area (Å²) >= 11 is 0. The van der Waals surface area contributed by atoms with Gasteiger partial charge in [0.2, 0.25) is 0 Å². The van der Waals surface area contributed by atoms with Crippen molar-refractivity contribution in [1.29, 1.82) is 0 Å². The molecule has 3 N–H and O–H groups in total. The molecule has 6 atom stereocenters. The van der Waals surface area contributed by atoms with E-state index in [1.165, 1.54) is 212 Å². The summed E-state index contributed by atoms with van der Waals surface area (Å²) in [6.07, 6.45) is 55.3. The van der Waals surface area contributed by atoms with E-state index in [1.54, 1.807) is 0 Å². The average molecular weight is 1400 g/mol. The first-order chi connectivity index (χ1) is 45.9. The van der Waals surface area contributed by atoms with Crippen LogP contribution in [0.3, 0.4) is 0 Å². The van der Waals surface area contributed by atoms with Crippen molar-refractivity contribution in [3.8, 4) is 0 Å². The van der Waals surface area contributed by atoms with Crippen molar-refractivity contribution in [3.05, 3.63) is 0 Å². The lowest BCUT2D eigenvalue weighted by atomic mass is 9.99. The standard InChI is InChI=1S/C76H148O17P2/c1-7-10-12-14-16-18-20-22-23-24-25-27-29-35-43-49-55-61-76(81)92-71(64-86-73(78)58-52-46-40-33-31-30-32-39-45-51-57-69(6)9-3)66-90-94(82,83)88-62-70(77)63-89-95(84,85)91-67-72(65-87-74(79)59-53-47-41-37-36-38-44-50-56-68(4)5)93-75(80)60-54-48-42-34-28-26-21-19-17-15-13-11-8-2/h68-72,77H,7-67H2,1-6H3,(H,82,83)(H,84,85)/t69?,70-,71-,72-/m1/s1. The molecule has 0 saturated heterocycles. The van der Waals surface area contributed by atoms with E-state index in [4.69, 9.17) is 37.0 Å². The number of hydrogen-bond acceptors (Lipinski definition) is 15. The molecule has 0 fully saturated rings. The van der Waals surface area contributed by atoms with Gasteiger partial charge in [0.25, 0.3) is 0 Å². The van der Waals surface area contributed by atoms with Gasteiger partial charge in [0.05, 0.1) is 26.4 Å². The van der Waals surface area contributed by atoms with Crippen LogP contribution in [0.1, 0.15) is 395 Å². The Kier molecular flexibility index (Phi) is 66.5. The molecule has 0 saturated carbocycles. The predicted octanol–water partition coefficient (Wildman–Crippen LogP) is 22.3. The molecule has 0 aliphatic rings. The highest BCUT2D eigenvalue weighted by atomic mass is 31.2. The summed E-state index contributed by atoms with van der Waals surface area (Å²) < 4.78 is 68.6. The number of carbonyl (C=O) groups excluding carboxylic acids is 4. The van der Waals surface area contributed by atoms with E-state index in [1.807, 2.05) is 0 Å². The van der Waals surface area contributed by atoms with Crippen LogP contribution in [0.4, 0.5) is 0 Å². The Morgan fingerprint density at radius 1 is 0.305 bits per heavy atom. The SMILES string of the molecule is CCCCCCCCCCCCCCCCCCCC(=O)O[C@H](COC(=O)CCCCCCCCCCCCC(C)CC)COP(=O)(O)OC[C@@H](O)COP(=O)(O)OC[C@@H](COC(=O)CCCCCCCCCCC(C)C)OC(=O)CCCCCCCCCCCCCCC. The fraction of sp³-hybridized carbons (Fsp3) is 0.947. The highest BCUT2D eigenvalue weighted by molar-refractivity contribution is 7.47. The van der Waals surface area contributed by atoms with Crippen LogP contribution in [0, 0.1) is 11.8 Å². The first kappa shape index (κ1) is 93.1. The third-order valence-corrected chi connectivity index (χ3v) is 20.0. The van der Waals surface area contributed by atoms with Crippen molar-refractivity contribution in [3.63, 3.8) is 0 Å². The number of aliphatic hydroxyl groups is 1. The minimum absolute atomic E-state index is 0.107. The maximum absolute atomic E-state index is 13.1. The molecule has 0 aromatic carbocycles. The van der Waals surface area contributed by atoms with Crippen LogP contribution in [-0.2, 0) is 65.4 Å². The Labute approximate surface area is 581 Å². The van der Waals surface area contributed by atoms with Gasteiger partial charge < -0.3 is 33.8 Å². The normalized spacial score (nSPS) is 14.3. The summed E-state index contributed by atoms with van der Waals surface area (Å²) in [5.41, 5.74) is 0. The Bertz CT molecular complexity index is 1840. The monoisotopic (exact) mass is 1400 g/mol. The molecule has 0 bridgehead atoms. The summed E-state index contributed by atoms with van der Waals surface area (Å²) in [5.74, 6) is -0.578. The van der Waals surface area contributed by atoms with E-state index < -0.39 is 97.5 Å². The number of esters is 4. The zero-order valence-electron chi connectivity index (χ0n) is 62.0. The van der Waals surface area contributed by atoms with Gasteiger partial charge in [-0.2, -0.15) is 0 Å². The molecule has 0 rings (SSSR count). The van der Waals surface area contributed by atoms with E-state index in [9.17, 15) is 43.2 Å². The molecule has 0 spiro atoms. The molecule has 0 amide bonds. The average Bonchev–Trinajstić information content (AvgIpc) is 3.68. The molecule has 19 heteroatoms. The Hall–Kier alpha value is -1.94. The van der Waals surface area contributed by atoms with Gasteiger partial charge in [-0.15, -0.1) is 0 Å². The molecule has 0 aliphatic carbocycles. The number of rotatable bonds is 75. The molecular weight excluding hydrogens is 1250 g/mol. The van der Waals surface area contributed by atoms with Gasteiger partial charge >= 0.3 is 39.5 Å². The number of ether oxygens (including phenoxy) is 4. The topological polar surface area (TPSA) is 237 Å². The van der Waals surface area contributed by atoms with Crippen LogP contribution < -0.4 is 0 Å². The Morgan fingerprint density at radius 2 is 0.537 bits per heavy atom. The first-order valence-electron chi connectivity index (χ1n) is 39.5. The molecule has 564 valence electrons. The van der Waals surface area contributed by atoms with Crippen molar-refractivity contribution in [2.75, 3.05) is 39.6 Å². The summed E-state index contributed by atoms with van der Waals surface area (Å²) in [6.45, 7) is 9.60. The summed E-state index contributed by atoms with van der Waals surface area (Å²) in [5, 5.41) is 10.6. The number of aliphatic hydroxyl groups excluding tert-OH is 1. The van der Waals surface area contributed by atoms with Crippen LogP contribution in [0.2, 0.25) is 0 Å². The summed E-state index contributed by atoms with van der Waals surface area (Å²) in [6, 6.07) is 0. The molecule has 0 aromatic rings. The number of hydrogen-bond donors (Lipinski definition) is 3. The molecular formula is C76H148O17P2.